The van der Waals surface area contributed by atoms with Crippen molar-refractivity contribution in [1.82, 2.24) is 5.32 Å². The van der Waals surface area contributed by atoms with E-state index in [-0.39, 0.29) is 11.3 Å². The topological polar surface area (TPSA) is 38.3 Å². The highest BCUT2D eigenvalue weighted by atomic mass is 79.9. The van der Waals surface area contributed by atoms with Crippen molar-refractivity contribution in [3.8, 4) is 5.75 Å². The van der Waals surface area contributed by atoms with Crippen molar-refractivity contribution in [2.45, 2.75) is 39.2 Å². The molecule has 1 aliphatic heterocycles. The van der Waals surface area contributed by atoms with E-state index >= 15 is 0 Å². The van der Waals surface area contributed by atoms with Crippen LogP contribution in [0.3, 0.4) is 0 Å². The molecule has 1 aliphatic rings. The Morgan fingerprint density at radius 1 is 1.42 bits per heavy atom. The SMILES string of the molecule is CC(C)(C)NCC(=O)Cc1cc(Br)cc2c1OCC2. The number of ketones is 1. The van der Waals surface area contributed by atoms with Gasteiger partial charge in [-0.1, -0.05) is 15.9 Å². The molecule has 0 aliphatic carbocycles. The number of ether oxygens (including phenoxy) is 1. The molecular weight excluding hydrogens is 306 g/mol. The summed E-state index contributed by atoms with van der Waals surface area (Å²) < 4.78 is 6.65. The van der Waals surface area contributed by atoms with Crippen LogP contribution in [-0.2, 0) is 17.6 Å². The van der Waals surface area contributed by atoms with E-state index in [9.17, 15) is 4.79 Å². The molecule has 19 heavy (non-hydrogen) atoms. The zero-order valence-electron chi connectivity index (χ0n) is 11.7. The summed E-state index contributed by atoms with van der Waals surface area (Å²) in [5.74, 6) is 1.10. The van der Waals surface area contributed by atoms with Gasteiger partial charge in [0.2, 0.25) is 0 Å². The van der Waals surface area contributed by atoms with Crippen molar-refractivity contribution in [1.29, 1.82) is 0 Å². The highest BCUT2D eigenvalue weighted by molar-refractivity contribution is 9.10. The van der Waals surface area contributed by atoms with Crippen molar-refractivity contribution < 1.29 is 9.53 Å². The summed E-state index contributed by atoms with van der Waals surface area (Å²) in [6, 6.07) is 4.06. The average molecular weight is 326 g/mol. The minimum atomic E-state index is -0.0363. The lowest BCUT2D eigenvalue weighted by atomic mass is 10.0. The summed E-state index contributed by atoms with van der Waals surface area (Å²) >= 11 is 3.49. The Balaban J connectivity index is 2.05. The molecule has 0 bridgehead atoms. The summed E-state index contributed by atoms with van der Waals surface area (Å²) in [5.41, 5.74) is 2.15. The monoisotopic (exact) mass is 325 g/mol. The maximum absolute atomic E-state index is 12.0. The van der Waals surface area contributed by atoms with Crippen LogP contribution >= 0.6 is 15.9 Å². The van der Waals surface area contributed by atoms with Crippen LogP contribution in [0.25, 0.3) is 0 Å². The van der Waals surface area contributed by atoms with Crippen molar-refractivity contribution in [2.24, 2.45) is 0 Å². The van der Waals surface area contributed by atoms with Crippen LogP contribution in [0, 0.1) is 0 Å². The molecule has 0 saturated heterocycles. The van der Waals surface area contributed by atoms with Gasteiger partial charge in [-0.25, -0.2) is 0 Å². The summed E-state index contributed by atoms with van der Waals surface area (Å²) in [4.78, 5) is 12.0. The number of halogens is 1. The van der Waals surface area contributed by atoms with E-state index in [1.807, 2.05) is 6.07 Å². The van der Waals surface area contributed by atoms with Gasteiger partial charge in [-0.3, -0.25) is 4.79 Å². The smallest absolute Gasteiger partial charge is 0.151 e. The third-order valence-corrected chi connectivity index (χ3v) is 3.49. The van der Waals surface area contributed by atoms with E-state index in [1.54, 1.807) is 0 Å². The number of fused-ring (bicyclic) bond motifs is 1. The zero-order chi connectivity index (χ0) is 14.0. The lowest BCUT2D eigenvalue weighted by molar-refractivity contribution is -0.117. The molecule has 0 unspecified atom stereocenters. The number of benzene rings is 1. The van der Waals surface area contributed by atoms with E-state index in [0.29, 0.717) is 19.6 Å². The van der Waals surface area contributed by atoms with Crippen LogP contribution in [0.1, 0.15) is 31.9 Å². The second-order valence-electron chi connectivity index (χ2n) is 5.97. The molecule has 0 spiro atoms. The first-order valence-electron chi connectivity index (χ1n) is 6.56. The summed E-state index contributed by atoms with van der Waals surface area (Å²) in [6.45, 7) is 7.28. The maximum atomic E-state index is 12.0. The Bertz CT molecular complexity index is 492. The van der Waals surface area contributed by atoms with E-state index < -0.39 is 0 Å². The van der Waals surface area contributed by atoms with Crippen LogP contribution < -0.4 is 10.1 Å². The lowest BCUT2D eigenvalue weighted by Gasteiger charge is -2.20. The standard InChI is InChI=1S/C15H20BrNO2/c1-15(2,3)17-9-13(18)8-11-7-12(16)6-10-4-5-19-14(10)11/h6-7,17H,4-5,8-9H2,1-3H3. The molecule has 0 fully saturated rings. The molecule has 2 rings (SSSR count). The number of nitrogens with one attached hydrogen (secondary N) is 1. The maximum Gasteiger partial charge on any atom is 0.151 e. The van der Waals surface area contributed by atoms with E-state index in [4.69, 9.17) is 4.74 Å². The Labute approximate surface area is 122 Å². The minimum absolute atomic E-state index is 0.0363. The molecule has 0 aromatic heterocycles. The van der Waals surface area contributed by atoms with Gasteiger partial charge in [-0.05, 0) is 38.5 Å². The fourth-order valence-electron chi connectivity index (χ4n) is 2.12. The molecule has 0 atom stereocenters. The van der Waals surface area contributed by atoms with Crippen LogP contribution in [-0.4, -0.2) is 24.5 Å². The summed E-state index contributed by atoms with van der Waals surface area (Å²) in [6.07, 6.45) is 1.35. The van der Waals surface area contributed by atoms with E-state index in [2.05, 4.69) is 48.1 Å². The highest BCUT2D eigenvalue weighted by Gasteiger charge is 2.19. The molecule has 1 heterocycles. The fourth-order valence-corrected chi connectivity index (χ4v) is 2.67. The lowest BCUT2D eigenvalue weighted by Crippen LogP contribution is -2.39. The highest BCUT2D eigenvalue weighted by Crippen LogP contribution is 2.33. The predicted octanol–water partition coefficient (Wildman–Crippen LogP) is 2.88. The van der Waals surface area contributed by atoms with Crippen LogP contribution in [0.2, 0.25) is 0 Å². The summed E-state index contributed by atoms with van der Waals surface area (Å²) in [5, 5.41) is 3.22. The number of Topliss-reactive ketones (excluding diaryl/α,β-unsaturated/α-hetero) is 1. The van der Waals surface area contributed by atoms with Gasteiger partial charge in [0.1, 0.15) is 5.75 Å². The molecule has 0 amide bonds. The summed E-state index contributed by atoms with van der Waals surface area (Å²) in [7, 11) is 0. The second kappa shape index (κ2) is 5.63. The molecular formula is C15H20BrNO2. The molecule has 1 N–H and O–H groups in total. The largest absolute Gasteiger partial charge is 0.493 e. The van der Waals surface area contributed by atoms with Crippen LogP contribution in [0.15, 0.2) is 16.6 Å². The first-order chi connectivity index (χ1) is 8.85. The van der Waals surface area contributed by atoms with Crippen LogP contribution in [0.4, 0.5) is 0 Å². The number of hydrogen-bond donors (Lipinski definition) is 1. The van der Waals surface area contributed by atoms with Crippen molar-refractivity contribution in [3.05, 3.63) is 27.7 Å². The van der Waals surface area contributed by atoms with Crippen molar-refractivity contribution in [3.63, 3.8) is 0 Å². The van der Waals surface area contributed by atoms with E-state index in [0.717, 1.165) is 22.2 Å². The number of carbonyl (C=O) groups excluding carboxylic acids is 1. The third kappa shape index (κ3) is 4.05. The van der Waals surface area contributed by atoms with Gasteiger partial charge in [0, 0.05) is 28.4 Å². The Morgan fingerprint density at radius 2 is 2.16 bits per heavy atom. The second-order valence-corrected chi connectivity index (χ2v) is 6.89. The number of rotatable bonds is 4. The molecule has 0 saturated carbocycles. The van der Waals surface area contributed by atoms with Gasteiger partial charge >= 0.3 is 0 Å². The quantitative estimate of drug-likeness (QED) is 0.925. The van der Waals surface area contributed by atoms with Crippen LogP contribution in [0.5, 0.6) is 5.75 Å². The Kier molecular flexibility index (Phi) is 4.31. The van der Waals surface area contributed by atoms with Gasteiger partial charge in [-0.2, -0.15) is 0 Å². The average Bonchev–Trinajstić information content (AvgIpc) is 2.73. The molecule has 1 aromatic carbocycles. The molecule has 0 radical (unpaired) electrons. The van der Waals surface area contributed by atoms with Gasteiger partial charge in [0.05, 0.1) is 13.2 Å². The van der Waals surface area contributed by atoms with Gasteiger partial charge in [0.25, 0.3) is 0 Å². The minimum Gasteiger partial charge on any atom is -0.493 e. The van der Waals surface area contributed by atoms with Crippen molar-refractivity contribution in [2.75, 3.05) is 13.2 Å². The van der Waals surface area contributed by atoms with Gasteiger partial charge in [0.15, 0.2) is 5.78 Å². The first kappa shape index (κ1) is 14.5. The predicted molar refractivity (Wildman–Crippen MR) is 79.8 cm³/mol. The Morgan fingerprint density at radius 3 is 2.84 bits per heavy atom. The van der Waals surface area contributed by atoms with Gasteiger partial charge in [-0.15, -0.1) is 0 Å². The number of hydrogen-bond acceptors (Lipinski definition) is 3. The van der Waals surface area contributed by atoms with Crippen molar-refractivity contribution >= 4 is 21.7 Å². The van der Waals surface area contributed by atoms with E-state index in [1.165, 1.54) is 5.56 Å². The normalized spacial score (nSPS) is 14.1. The molecule has 3 nitrogen and oxygen atoms in total. The Hall–Kier alpha value is -0.870. The van der Waals surface area contributed by atoms with Gasteiger partial charge < -0.3 is 10.1 Å². The molecule has 1 aromatic rings. The third-order valence-electron chi connectivity index (χ3n) is 3.03. The molecule has 104 valence electrons. The zero-order valence-corrected chi connectivity index (χ0v) is 13.3. The first-order valence-corrected chi connectivity index (χ1v) is 7.35. The number of carbonyl (C=O) groups is 1. The molecule has 4 heteroatoms. The fraction of sp³-hybridized carbons (Fsp3) is 0.533.